The first-order valence-electron chi connectivity index (χ1n) is 4.98. The van der Waals surface area contributed by atoms with Crippen LogP contribution < -0.4 is 5.73 Å². The molecular weight excluding hydrogens is 283 g/mol. The third-order valence-electron chi connectivity index (χ3n) is 2.62. The van der Waals surface area contributed by atoms with E-state index in [0.717, 1.165) is 16.4 Å². The number of halogens is 1. The van der Waals surface area contributed by atoms with E-state index in [0.29, 0.717) is 0 Å². The maximum atomic E-state index is 13.2. The molecule has 100 valence electrons. The van der Waals surface area contributed by atoms with E-state index in [-0.39, 0.29) is 12.3 Å². The Morgan fingerprint density at radius 3 is 2.56 bits per heavy atom. The van der Waals surface area contributed by atoms with Crippen LogP contribution >= 0.6 is 0 Å². The highest BCUT2D eigenvalue weighted by Crippen LogP contribution is 2.26. The Kier molecular flexibility index (Phi) is 3.07. The number of hydrogen-bond donors (Lipinski definition) is 1. The van der Waals surface area contributed by atoms with Gasteiger partial charge in [0.1, 0.15) is 16.6 Å². The summed E-state index contributed by atoms with van der Waals surface area (Å²) >= 11 is 0. The number of benzene rings is 1. The van der Waals surface area contributed by atoms with Gasteiger partial charge in [-0.25, -0.2) is 21.2 Å². The number of hydrogen-bond acceptors (Lipinski definition) is 5. The molecule has 0 atom stereocenters. The predicted octanol–water partition coefficient (Wildman–Crippen LogP) is -0.215. The minimum Gasteiger partial charge on any atom is -0.395 e. The van der Waals surface area contributed by atoms with Crippen LogP contribution in [0.5, 0.6) is 0 Å². The van der Waals surface area contributed by atoms with Gasteiger partial charge in [0.2, 0.25) is 10.0 Å². The Balaban J connectivity index is 2.47. The molecule has 1 fully saturated rings. The number of para-hydroxylation sites is 1. The molecule has 1 aliphatic rings. The first kappa shape index (κ1) is 13.2. The monoisotopic (exact) mass is 294 g/mol. The lowest BCUT2D eigenvalue weighted by atomic mass is 10.3. The van der Waals surface area contributed by atoms with Gasteiger partial charge in [-0.1, -0.05) is 6.07 Å². The molecule has 1 heterocycles. The fourth-order valence-electron chi connectivity index (χ4n) is 1.66. The molecule has 0 saturated carbocycles. The van der Waals surface area contributed by atoms with Crippen LogP contribution in [0.15, 0.2) is 23.1 Å². The predicted molar refractivity (Wildman–Crippen MR) is 63.4 cm³/mol. The molecule has 2 N–H and O–H groups in total. The van der Waals surface area contributed by atoms with Crippen LogP contribution in [0, 0.1) is 5.82 Å². The average molecular weight is 294 g/mol. The van der Waals surface area contributed by atoms with Gasteiger partial charge in [-0.2, -0.15) is 4.31 Å². The van der Waals surface area contributed by atoms with E-state index in [1.54, 1.807) is 0 Å². The van der Waals surface area contributed by atoms with E-state index in [1.165, 1.54) is 6.07 Å². The molecule has 0 aromatic heterocycles. The maximum absolute atomic E-state index is 13.2. The van der Waals surface area contributed by atoms with Gasteiger partial charge in [0, 0.05) is 6.54 Å². The van der Waals surface area contributed by atoms with Crippen LogP contribution in [-0.2, 0) is 19.9 Å². The van der Waals surface area contributed by atoms with E-state index >= 15 is 0 Å². The van der Waals surface area contributed by atoms with Crippen molar-refractivity contribution in [2.24, 2.45) is 0 Å². The van der Waals surface area contributed by atoms with Crippen molar-refractivity contribution in [3.63, 3.8) is 0 Å². The van der Waals surface area contributed by atoms with Gasteiger partial charge in [-0.3, -0.25) is 0 Å². The fourth-order valence-corrected chi connectivity index (χ4v) is 5.24. The van der Waals surface area contributed by atoms with Gasteiger partial charge in [0.05, 0.1) is 11.4 Å². The number of sulfone groups is 1. The molecule has 6 nitrogen and oxygen atoms in total. The molecule has 0 spiro atoms. The summed E-state index contributed by atoms with van der Waals surface area (Å²) in [5, 5.41) is 0. The van der Waals surface area contributed by atoms with Crippen molar-refractivity contribution in [3.8, 4) is 0 Å². The van der Waals surface area contributed by atoms with Gasteiger partial charge >= 0.3 is 0 Å². The lowest BCUT2D eigenvalue weighted by Gasteiger charge is -2.15. The Hall–Kier alpha value is -1.19. The van der Waals surface area contributed by atoms with Crippen LogP contribution in [0.4, 0.5) is 10.1 Å². The molecule has 18 heavy (non-hydrogen) atoms. The number of sulfonamides is 1. The van der Waals surface area contributed by atoms with Crippen molar-refractivity contribution < 1.29 is 21.2 Å². The molecule has 1 aromatic carbocycles. The highest BCUT2D eigenvalue weighted by atomic mass is 32.2. The molecule has 1 aliphatic heterocycles. The summed E-state index contributed by atoms with van der Waals surface area (Å²) in [6, 6.07) is 3.40. The molecule has 0 radical (unpaired) electrons. The zero-order valence-corrected chi connectivity index (χ0v) is 10.8. The zero-order valence-electron chi connectivity index (χ0n) is 9.21. The Morgan fingerprint density at radius 2 is 2.00 bits per heavy atom. The second-order valence-corrected chi connectivity index (χ2v) is 7.97. The maximum Gasteiger partial charge on any atom is 0.246 e. The van der Waals surface area contributed by atoms with Crippen LogP contribution in [-0.4, -0.2) is 39.3 Å². The number of rotatable bonds is 2. The lowest BCUT2D eigenvalue weighted by Crippen LogP contribution is -2.29. The topological polar surface area (TPSA) is 97.5 Å². The molecular formula is C9H11FN2O4S2. The van der Waals surface area contributed by atoms with Crippen molar-refractivity contribution in [2.45, 2.75) is 4.90 Å². The van der Waals surface area contributed by atoms with E-state index in [4.69, 9.17) is 5.73 Å². The Morgan fingerprint density at radius 1 is 1.33 bits per heavy atom. The minimum atomic E-state index is -4.07. The van der Waals surface area contributed by atoms with Crippen molar-refractivity contribution in [2.75, 3.05) is 23.9 Å². The van der Waals surface area contributed by atoms with Crippen LogP contribution in [0.2, 0.25) is 0 Å². The molecule has 0 amide bonds. The smallest absolute Gasteiger partial charge is 0.246 e. The van der Waals surface area contributed by atoms with Crippen LogP contribution in [0.1, 0.15) is 0 Å². The van der Waals surface area contributed by atoms with Gasteiger partial charge in [-0.15, -0.1) is 0 Å². The molecule has 2 rings (SSSR count). The van der Waals surface area contributed by atoms with Crippen molar-refractivity contribution >= 4 is 25.5 Å². The van der Waals surface area contributed by atoms with E-state index in [2.05, 4.69) is 0 Å². The Labute approximate surface area is 104 Å². The summed E-state index contributed by atoms with van der Waals surface area (Å²) < 4.78 is 60.7. The zero-order chi connectivity index (χ0) is 13.6. The van der Waals surface area contributed by atoms with Crippen LogP contribution in [0.25, 0.3) is 0 Å². The van der Waals surface area contributed by atoms with Crippen molar-refractivity contribution in [1.29, 1.82) is 0 Å². The summed E-state index contributed by atoms with van der Waals surface area (Å²) in [5.41, 5.74) is 4.88. The fraction of sp³-hybridized carbons (Fsp3) is 0.333. The van der Waals surface area contributed by atoms with E-state index in [1.807, 2.05) is 0 Å². The third kappa shape index (κ3) is 2.20. The third-order valence-corrected chi connectivity index (χ3v) is 6.20. The molecule has 0 unspecified atom stereocenters. The van der Waals surface area contributed by atoms with Crippen molar-refractivity contribution in [1.82, 2.24) is 4.31 Å². The van der Waals surface area contributed by atoms with Crippen LogP contribution in [0.3, 0.4) is 0 Å². The second kappa shape index (κ2) is 4.18. The summed E-state index contributed by atoms with van der Waals surface area (Å²) in [7, 11) is -7.47. The molecule has 1 saturated heterocycles. The number of nitrogen functional groups attached to an aromatic ring is 1. The quantitative estimate of drug-likeness (QED) is 0.761. The first-order valence-corrected chi connectivity index (χ1v) is 8.25. The van der Waals surface area contributed by atoms with Gasteiger partial charge in [-0.05, 0) is 12.1 Å². The second-order valence-electron chi connectivity index (χ2n) is 3.91. The highest BCUT2D eigenvalue weighted by molar-refractivity contribution is 7.94. The van der Waals surface area contributed by atoms with E-state index in [9.17, 15) is 21.2 Å². The molecule has 1 aromatic rings. The van der Waals surface area contributed by atoms with Gasteiger partial charge in [0.25, 0.3) is 0 Å². The summed E-state index contributed by atoms with van der Waals surface area (Å²) in [4.78, 5) is -0.403. The first-order chi connectivity index (χ1) is 8.24. The summed E-state index contributed by atoms with van der Waals surface area (Å²) in [6.07, 6.45) is 0. The standard InChI is InChI=1S/C9H11FN2O4S2/c10-7-2-1-3-8(9(7)11)18(15,16)12-4-5-17(13,14)6-12/h1-3H,4-6,11H2. The summed E-state index contributed by atoms with van der Waals surface area (Å²) in [6.45, 7) is -0.138. The lowest BCUT2D eigenvalue weighted by molar-refractivity contribution is 0.486. The SMILES string of the molecule is Nc1c(F)cccc1S(=O)(=O)N1CCS(=O)(=O)C1. The average Bonchev–Trinajstić information content (AvgIpc) is 2.63. The minimum absolute atomic E-state index is 0.138. The number of anilines is 1. The number of nitrogens with two attached hydrogens (primary N) is 1. The number of nitrogens with zero attached hydrogens (tertiary/aromatic N) is 1. The van der Waals surface area contributed by atoms with Gasteiger partial charge < -0.3 is 5.73 Å². The Bertz CT molecular complexity index is 685. The van der Waals surface area contributed by atoms with Gasteiger partial charge in [0.15, 0.2) is 9.84 Å². The molecule has 0 bridgehead atoms. The highest BCUT2D eigenvalue weighted by Gasteiger charge is 2.36. The van der Waals surface area contributed by atoms with E-state index < -0.39 is 42.1 Å². The van der Waals surface area contributed by atoms with Crippen molar-refractivity contribution in [3.05, 3.63) is 24.0 Å². The molecule has 9 heteroatoms. The summed E-state index contributed by atoms with van der Waals surface area (Å²) in [5.74, 6) is -1.68. The largest absolute Gasteiger partial charge is 0.395 e. The normalized spacial score (nSPS) is 20.1. The molecule has 0 aliphatic carbocycles.